The van der Waals surface area contributed by atoms with Crippen LogP contribution in [0.25, 0.3) is 21.2 Å². The first-order valence-electron chi connectivity index (χ1n) is 13.6. The summed E-state index contributed by atoms with van der Waals surface area (Å²) in [5, 5.41) is 7.94. The van der Waals surface area contributed by atoms with Gasteiger partial charge in [0, 0.05) is 32.6 Å². The van der Waals surface area contributed by atoms with Crippen molar-refractivity contribution in [2.75, 3.05) is 13.7 Å². The van der Waals surface area contributed by atoms with Crippen molar-refractivity contribution in [3.8, 4) is 0 Å². The molecule has 0 aliphatic carbocycles. The molecule has 44 heavy (non-hydrogen) atoms. The summed E-state index contributed by atoms with van der Waals surface area (Å²) in [5.74, 6) is -6.36. The molecule has 1 fully saturated rings. The van der Waals surface area contributed by atoms with E-state index in [1.54, 1.807) is 6.07 Å². The van der Waals surface area contributed by atoms with Crippen molar-refractivity contribution in [2.24, 2.45) is 5.11 Å². The van der Waals surface area contributed by atoms with E-state index in [-0.39, 0.29) is 6.61 Å². The first-order valence-corrected chi connectivity index (χ1v) is 13.6. The van der Waals surface area contributed by atoms with E-state index in [4.69, 9.17) is 34.0 Å². The molecule has 236 valence electrons. The molecule has 0 spiro atoms. The molecule has 3 rings (SSSR count). The van der Waals surface area contributed by atoms with Crippen LogP contribution in [0.15, 0.2) is 47.6 Å². The molecule has 1 aliphatic heterocycles. The summed E-state index contributed by atoms with van der Waals surface area (Å²) in [6.07, 6.45) is -6.39. The minimum Gasteiger partial charge on any atom is -0.465 e. The molecule has 0 bridgehead atoms. The fourth-order valence-corrected chi connectivity index (χ4v) is 5.01. The van der Waals surface area contributed by atoms with Crippen LogP contribution in [0.5, 0.6) is 0 Å². The van der Waals surface area contributed by atoms with Crippen LogP contribution in [0.2, 0.25) is 0 Å². The number of carbonyl (C=O) groups excluding carboxylic acids is 5. The van der Waals surface area contributed by atoms with Gasteiger partial charge in [0.1, 0.15) is 18.3 Å². The number of nitrogens with zero attached hydrogens (tertiary/aromatic N) is 3. The van der Waals surface area contributed by atoms with Crippen LogP contribution < -0.4 is 5.32 Å². The molecule has 1 aliphatic rings. The summed E-state index contributed by atoms with van der Waals surface area (Å²) in [6.45, 7) is 3.74. The van der Waals surface area contributed by atoms with Crippen LogP contribution in [0.4, 0.5) is 0 Å². The third-order valence-corrected chi connectivity index (χ3v) is 6.65. The Balaban J connectivity index is 2.15. The summed E-state index contributed by atoms with van der Waals surface area (Å²) in [6, 6.07) is 11.8. The number of hydrogen-bond donors (Lipinski definition) is 1. The quantitative estimate of drug-likeness (QED) is 0.121. The first-order chi connectivity index (χ1) is 20.9. The molecule has 1 N–H and O–H groups in total. The summed E-state index contributed by atoms with van der Waals surface area (Å²) in [5.41, 5.74) is 9.60. The maximum Gasteiger partial charge on any atom is 0.366 e. The molecular weight excluding hydrogens is 580 g/mol. The standard InChI is InChI=1S/C29H34N4O11/c1-16(34)32-25-23(41-17(2)35)13-29(28(38)39-5,40-15-20-10-11-21-8-6-7-9-22(21)12-20)44-27(25)26(43-19(4)37)24(14-31-33-30)42-18(3)36/h6-12,23-27H,13-15H2,1-5H3,(H,32,34)/t23-,24+,25+,26+,27+,29-/m0/s1. The molecule has 2 aromatic carbocycles. The van der Waals surface area contributed by atoms with Crippen molar-refractivity contribution >= 4 is 40.6 Å². The highest BCUT2D eigenvalue weighted by molar-refractivity contribution is 5.83. The van der Waals surface area contributed by atoms with Gasteiger partial charge in [-0.1, -0.05) is 41.5 Å². The highest BCUT2D eigenvalue weighted by Crippen LogP contribution is 2.37. The van der Waals surface area contributed by atoms with Gasteiger partial charge in [-0.3, -0.25) is 19.2 Å². The Kier molecular flexibility index (Phi) is 11.6. The molecule has 0 radical (unpaired) electrons. The fourth-order valence-electron chi connectivity index (χ4n) is 5.01. The third kappa shape index (κ3) is 8.66. The molecular formula is C29H34N4O11. The van der Waals surface area contributed by atoms with E-state index in [0.29, 0.717) is 5.56 Å². The van der Waals surface area contributed by atoms with Gasteiger partial charge in [0.15, 0.2) is 6.10 Å². The van der Waals surface area contributed by atoms with Crippen LogP contribution in [0.3, 0.4) is 0 Å². The smallest absolute Gasteiger partial charge is 0.366 e. The molecule has 6 atom stereocenters. The van der Waals surface area contributed by atoms with Crippen LogP contribution in [-0.2, 0) is 59.0 Å². The molecule has 15 nitrogen and oxygen atoms in total. The normalized spacial score (nSPS) is 22.4. The van der Waals surface area contributed by atoms with Gasteiger partial charge >= 0.3 is 23.9 Å². The van der Waals surface area contributed by atoms with Gasteiger partial charge < -0.3 is 33.7 Å². The van der Waals surface area contributed by atoms with Crippen LogP contribution in [0, 0.1) is 0 Å². The number of carbonyl (C=O) groups is 5. The zero-order valence-electron chi connectivity index (χ0n) is 24.9. The SMILES string of the molecule is COC(=O)[C@]1(OCc2ccc3ccccc3c2)C[C@H](OC(C)=O)[C@@H](NC(C)=O)[C@H]([C@H](OC(C)=O)[C@@H](CN=[N+]=[N-])OC(C)=O)O1. The summed E-state index contributed by atoms with van der Waals surface area (Å²) in [7, 11) is 1.09. The number of benzene rings is 2. The highest BCUT2D eigenvalue weighted by Gasteiger charge is 2.59. The van der Waals surface area contributed by atoms with Gasteiger partial charge in [-0.2, -0.15) is 0 Å². The number of amides is 1. The molecule has 15 heteroatoms. The summed E-state index contributed by atoms with van der Waals surface area (Å²) >= 11 is 0. The Hall–Kier alpha value is -4.72. The zero-order chi connectivity index (χ0) is 32.4. The molecule has 1 heterocycles. The minimum absolute atomic E-state index is 0.186. The average molecular weight is 615 g/mol. The van der Waals surface area contributed by atoms with E-state index in [1.807, 2.05) is 36.4 Å². The fraction of sp³-hybridized carbons (Fsp3) is 0.483. The maximum atomic E-state index is 13.4. The molecule has 2 aromatic rings. The van der Waals surface area contributed by atoms with Gasteiger partial charge in [0.2, 0.25) is 5.91 Å². The number of fused-ring (bicyclic) bond motifs is 1. The Morgan fingerprint density at radius 2 is 1.70 bits per heavy atom. The van der Waals surface area contributed by atoms with E-state index in [9.17, 15) is 24.0 Å². The average Bonchev–Trinajstić information content (AvgIpc) is 2.96. The topological polar surface area (TPSA) is 202 Å². The highest BCUT2D eigenvalue weighted by atomic mass is 16.7. The lowest BCUT2D eigenvalue weighted by Crippen LogP contribution is -2.69. The number of hydrogen-bond acceptors (Lipinski definition) is 12. The molecule has 1 amide bonds. The van der Waals surface area contributed by atoms with Gasteiger partial charge in [-0.05, 0) is 27.9 Å². The van der Waals surface area contributed by atoms with Crippen molar-refractivity contribution in [1.29, 1.82) is 0 Å². The Morgan fingerprint density at radius 3 is 2.30 bits per heavy atom. The summed E-state index contributed by atoms with van der Waals surface area (Å²) < 4.78 is 33.8. The number of azide groups is 1. The second kappa shape index (κ2) is 15.1. The van der Waals surface area contributed by atoms with Crippen LogP contribution >= 0.6 is 0 Å². The number of nitrogens with one attached hydrogen (secondary N) is 1. The summed E-state index contributed by atoms with van der Waals surface area (Å²) in [4.78, 5) is 65.0. The number of rotatable bonds is 12. The second-order valence-electron chi connectivity index (χ2n) is 10.0. The lowest BCUT2D eigenvalue weighted by atomic mass is 9.87. The van der Waals surface area contributed by atoms with E-state index >= 15 is 0 Å². The second-order valence-corrected chi connectivity index (χ2v) is 10.0. The Labute approximate surface area is 252 Å². The Bertz CT molecular complexity index is 1440. The van der Waals surface area contributed by atoms with E-state index in [1.165, 1.54) is 6.92 Å². The van der Waals surface area contributed by atoms with Crippen molar-refractivity contribution in [3.63, 3.8) is 0 Å². The van der Waals surface area contributed by atoms with Crippen molar-refractivity contribution in [2.45, 2.75) is 77.0 Å². The molecule has 1 saturated heterocycles. The number of esters is 4. The predicted molar refractivity (Wildman–Crippen MR) is 151 cm³/mol. The van der Waals surface area contributed by atoms with Crippen molar-refractivity contribution in [1.82, 2.24) is 5.32 Å². The van der Waals surface area contributed by atoms with Crippen molar-refractivity contribution < 1.29 is 52.4 Å². The van der Waals surface area contributed by atoms with Gasteiger partial charge in [0.05, 0.1) is 32.7 Å². The number of ether oxygens (including phenoxy) is 6. The van der Waals surface area contributed by atoms with Crippen molar-refractivity contribution in [3.05, 3.63) is 58.5 Å². The van der Waals surface area contributed by atoms with E-state index < -0.39 is 79.0 Å². The minimum atomic E-state index is -2.28. The van der Waals surface area contributed by atoms with Gasteiger partial charge in [-0.25, -0.2) is 4.79 Å². The largest absolute Gasteiger partial charge is 0.465 e. The lowest BCUT2D eigenvalue weighted by Gasteiger charge is -2.48. The molecule has 0 aromatic heterocycles. The zero-order valence-corrected chi connectivity index (χ0v) is 24.9. The monoisotopic (exact) mass is 614 g/mol. The Morgan fingerprint density at radius 1 is 1.02 bits per heavy atom. The van der Waals surface area contributed by atoms with Gasteiger partial charge in [-0.15, -0.1) is 0 Å². The predicted octanol–water partition coefficient (Wildman–Crippen LogP) is 2.62. The first kappa shape index (κ1) is 33.8. The van der Waals surface area contributed by atoms with Crippen LogP contribution in [-0.4, -0.2) is 79.7 Å². The maximum absolute atomic E-state index is 13.4. The lowest BCUT2D eigenvalue weighted by molar-refractivity contribution is -0.316. The number of methoxy groups -OCH3 is 1. The molecule has 0 saturated carbocycles. The third-order valence-electron chi connectivity index (χ3n) is 6.65. The van der Waals surface area contributed by atoms with Gasteiger partial charge in [0.25, 0.3) is 5.79 Å². The van der Waals surface area contributed by atoms with E-state index in [0.717, 1.165) is 38.7 Å². The molecule has 0 unspecified atom stereocenters. The van der Waals surface area contributed by atoms with Crippen LogP contribution in [0.1, 0.15) is 39.7 Å². The van der Waals surface area contributed by atoms with E-state index in [2.05, 4.69) is 15.3 Å².